The van der Waals surface area contributed by atoms with E-state index in [9.17, 15) is 18.0 Å². The molecule has 2 aromatic rings. The number of amides is 2. The van der Waals surface area contributed by atoms with E-state index < -0.39 is 27.9 Å². The smallest absolute Gasteiger partial charge is 0.252 e. The average Bonchev–Trinajstić information content (AvgIpc) is 3.13. The SMILES string of the molecule is NC(=O)[C@H](NC(=O)[C@H]1CCCN(S(=O)(=O)c2ccc(Br)s2)C1)c1ccccc1. The fourth-order valence-corrected chi connectivity index (χ4v) is 6.85. The van der Waals surface area contributed by atoms with Crippen LogP contribution in [0.1, 0.15) is 24.4 Å². The Morgan fingerprint density at radius 3 is 2.54 bits per heavy atom. The maximum Gasteiger partial charge on any atom is 0.252 e. The number of rotatable bonds is 6. The summed E-state index contributed by atoms with van der Waals surface area (Å²) < 4.78 is 28.0. The van der Waals surface area contributed by atoms with E-state index in [4.69, 9.17) is 5.73 Å². The first kappa shape index (κ1) is 21.0. The third-order valence-corrected chi connectivity index (χ3v) is 8.56. The first-order valence-corrected chi connectivity index (χ1v) is 11.7. The van der Waals surface area contributed by atoms with E-state index in [1.165, 1.54) is 4.31 Å². The Morgan fingerprint density at radius 1 is 1.21 bits per heavy atom. The normalized spacial score (nSPS) is 19.1. The maximum atomic E-state index is 12.8. The Hall–Kier alpha value is -1.75. The van der Waals surface area contributed by atoms with Gasteiger partial charge in [-0.05, 0) is 46.5 Å². The number of thiophene rings is 1. The number of carbonyl (C=O) groups is 2. The Kier molecular flexibility index (Phi) is 6.54. The molecule has 7 nitrogen and oxygen atoms in total. The summed E-state index contributed by atoms with van der Waals surface area (Å²) in [7, 11) is -3.65. The second-order valence-corrected chi connectivity index (χ2v) is 11.1. The highest BCUT2D eigenvalue weighted by Crippen LogP contribution is 2.31. The lowest BCUT2D eigenvalue weighted by Crippen LogP contribution is -2.47. The monoisotopic (exact) mass is 485 g/mol. The van der Waals surface area contributed by atoms with Crippen LogP contribution in [0.3, 0.4) is 0 Å². The fraction of sp³-hybridized carbons (Fsp3) is 0.333. The third kappa shape index (κ3) is 4.62. The summed E-state index contributed by atoms with van der Waals surface area (Å²) >= 11 is 4.41. The van der Waals surface area contributed by atoms with Crippen molar-refractivity contribution in [1.29, 1.82) is 0 Å². The molecular formula is C18H20BrN3O4S2. The number of hydrogen-bond donors (Lipinski definition) is 2. The first-order chi connectivity index (χ1) is 13.3. The van der Waals surface area contributed by atoms with E-state index >= 15 is 0 Å². The first-order valence-electron chi connectivity index (χ1n) is 8.69. The average molecular weight is 486 g/mol. The molecule has 0 aliphatic carbocycles. The van der Waals surface area contributed by atoms with Crippen molar-refractivity contribution in [2.24, 2.45) is 11.7 Å². The molecule has 1 aliphatic rings. The van der Waals surface area contributed by atoms with Gasteiger partial charge < -0.3 is 11.1 Å². The van der Waals surface area contributed by atoms with Gasteiger partial charge in [-0.3, -0.25) is 9.59 Å². The molecule has 28 heavy (non-hydrogen) atoms. The van der Waals surface area contributed by atoms with Crippen LogP contribution in [0.25, 0.3) is 0 Å². The van der Waals surface area contributed by atoms with Crippen LogP contribution in [0.4, 0.5) is 0 Å². The lowest BCUT2D eigenvalue weighted by molar-refractivity contribution is -0.130. The summed E-state index contributed by atoms with van der Waals surface area (Å²) in [6.45, 7) is 0.434. The minimum absolute atomic E-state index is 0.0734. The highest BCUT2D eigenvalue weighted by Gasteiger charge is 2.35. The summed E-state index contributed by atoms with van der Waals surface area (Å²) in [6.07, 6.45) is 1.11. The van der Waals surface area contributed by atoms with Gasteiger partial charge in [-0.1, -0.05) is 30.3 Å². The van der Waals surface area contributed by atoms with Crippen molar-refractivity contribution < 1.29 is 18.0 Å². The van der Waals surface area contributed by atoms with Crippen molar-refractivity contribution in [3.05, 3.63) is 51.8 Å². The summed E-state index contributed by atoms with van der Waals surface area (Å²) in [5, 5.41) is 2.68. The number of nitrogens with two attached hydrogens (primary N) is 1. The quantitative estimate of drug-likeness (QED) is 0.653. The predicted molar refractivity (Wildman–Crippen MR) is 110 cm³/mol. The van der Waals surface area contributed by atoms with Crippen molar-refractivity contribution in [3.63, 3.8) is 0 Å². The number of nitrogens with zero attached hydrogens (tertiary/aromatic N) is 1. The Bertz CT molecular complexity index is 962. The Labute approximate surface area is 176 Å². The lowest BCUT2D eigenvalue weighted by atomic mass is 9.97. The van der Waals surface area contributed by atoms with Gasteiger partial charge in [0.2, 0.25) is 11.8 Å². The molecule has 10 heteroatoms. The van der Waals surface area contributed by atoms with E-state index in [1.54, 1.807) is 42.5 Å². The lowest BCUT2D eigenvalue weighted by Gasteiger charge is -2.31. The van der Waals surface area contributed by atoms with Gasteiger partial charge in [-0.15, -0.1) is 11.3 Å². The van der Waals surface area contributed by atoms with Crippen LogP contribution in [0, 0.1) is 5.92 Å². The number of primary amides is 1. The van der Waals surface area contributed by atoms with Crippen LogP contribution in [0.5, 0.6) is 0 Å². The van der Waals surface area contributed by atoms with Gasteiger partial charge in [0, 0.05) is 13.1 Å². The minimum Gasteiger partial charge on any atom is -0.368 e. The third-order valence-electron chi connectivity index (χ3n) is 4.60. The van der Waals surface area contributed by atoms with Crippen molar-refractivity contribution in [1.82, 2.24) is 9.62 Å². The molecule has 0 radical (unpaired) electrons. The van der Waals surface area contributed by atoms with Crippen LogP contribution in [0.2, 0.25) is 0 Å². The van der Waals surface area contributed by atoms with Crippen LogP contribution in [-0.4, -0.2) is 37.6 Å². The molecule has 150 valence electrons. The van der Waals surface area contributed by atoms with E-state index in [0.29, 0.717) is 24.9 Å². The van der Waals surface area contributed by atoms with Gasteiger partial charge in [0.15, 0.2) is 0 Å². The van der Waals surface area contributed by atoms with Gasteiger partial charge in [-0.2, -0.15) is 4.31 Å². The molecule has 2 amide bonds. The second-order valence-electron chi connectivity index (χ2n) is 6.52. The van der Waals surface area contributed by atoms with Crippen molar-refractivity contribution in [3.8, 4) is 0 Å². The summed E-state index contributed by atoms with van der Waals surface area (Å²) in [6, 6.07) is 11.0. The number of hydrogen-bond acceptors (Lipinski definition) is 5. The van der Waals surface area contributed by atoms with E-state index in [1.807, 2.05) is 0 Å². The maximum absolute atomic E-state index is 12.8. The standard InChI is InChI=1S/C18H20BrN3O4S2/c19-14-8-9-15(27-14)28(25,26)22-10-4-7-13(11-22)18(24)21-16(17(20)23)12-5-2-1-3-6-12/h1-3,5-6,8-9,13,16H,4,7,10-11H2,(H2,20,23)(H,21,24)/t13-,16+/m0/s1. The highest BCUT2D eigenvalue weighted by molar-refractivity contribution is 9.11. The van der Waals surface area contributed by atoms with Crippen LogP contribution in [0.15, 0.2) is 50.5 Å². The van der Waals surface area contributed by atoms with Crippen molar-refractivity contribution in [2.75, 3.05) is 13.1 Å². The molecule has 0 unspecified atom stereocenters. The zero-order valence-corrected chi connectivity index (χ0v) is 18.1. The van der Waals surface area contributed by atoms with Crippen LogP contribution in [-0.2, 0) is 19.6 Å². The van der Waals surface area contributed by atoms with Crippen LogP contribution >= 0.6 is 27.3 Å². The van der Waals surface area contributed by atoms with Gasteiger partial charge in [0.25, 0.3) is 10.0 Å². The van der Waals surface area contributed by atoms with Crippen molar-refractivity contribution >= 4 is 49.1 Å². The molecule has 1 fully saturated rings. The number of sulfonamides is 1. The molecule has 1 aliphatic heterocycles. The van der Waals surface area contributed by atoms with E-state index in [0.717, 1.165) is 15.1 Å². The second kappa shape index (κ2) is 8.73. The molecule has 0 bridgehead atoms. The fourth-order valence-electron chi connectivity index (χ4n) is 3.16. The number of benzene rings is 1. The molecule has 3 N–H and O–H groups in total. The van der Waals surface area contributed by atoms with Gasteiger partial charge in [0.05, 0.1) is 9.70 Å². The van der Waals surface area contributed by atoms with Gasteiger partial charge in [-0.25, -0.2) is 8.42 Å². The molecule has 1 saturated heterocycles. The molecule has 0 saturated carbocycles. The molecule has 2 heterocycles. The van der Waals surface area contributed by atoms with Crippen molar-refractivity contribution in [2.45, 2.75) is 23.1 Å². The Balaban J connectivity index is 1.73. The summed E-state index contributed by atoms with van der Waals surface area (Å²) in [4.78, 5) is 24.6. The van der Waals surface area contributed by atoms with Gasteiger partial charge >= 0.3 is 0 Å². The zero-order chi connectivity index (χ0) is 20.3. The molecule has 1 aromatic heterocycles. The number of nitrogens with one attached hydrogen (secondary N) is 1. The summed E-state index contributed by atoms with van der Waals surface area (Å²) in [5.41, 5.74) is 6.05. The minimum atomic E-state index is -3.65. The topological polar surface area (TPSA) is 110 Å². The number of carbonyl (C=O) groups excluding carboxylic acids is 2. The van der Waals surface area contributed by atoms with E-state index in [-0.39, 0.29) is 16.7 Å². The predicted octanol–water partition coefficient (Wildman–Crippen LogP) is 2.25. The zero-order valence-electron chi connectivity index (χ0n) is 14.9. The molecule has 1 aromatic carbocycles. The Morgan fingerprint density at radius 2 is 1.93 bits per heavy atom. The van der Waals surface area contributed by atoms with Crippen LogP contribution < -0.4 is 11.1 Å². The molecule has 3 rings (SSSR count). The van der Waals surface area contributed by atoms with E-state index in [2.05, 4.69) is 21.2 Å². The molecule has 2 atom stereocenters. The number of halogens is 1. The highest BCUT2D eigenvalue weighted by atomic mass is 79.9. The molecule has 0 spiro atoms. The van der Waals surface area contributed by atoms with Gasteiger partial charge in [0.1, 0.15) is 10.3 Å². The largest absolute Gasteiger partial charge is 0.368 e. The number of piperidine rings is 1. The molecular weight excluding hydrogens is 466 g/mol. The summed E-state index contributed by atoms with van der Waals surface area (Å²) in [5.74, 6) is -1.58.